The third-order valence-corrected chi connectivity index (χ3v) is 5.93. The largest absolute Gasteiger partial charge is 0.340 e. The zero-order valence-corrected chi connectivity index (χ0v) is 14.9. The number of carbonyl (C=O) groups excluding carboxylic acids is 1. The Balaban J connectivity index is 1.77. The fourth-order valence-corrected chi connectivity index (χ4v) is 4.56. The van der Waals surface area contributed by atoms with Crippen molar-refractivity contribution in [3.8, 4) is 0 Å². The molecule has 2 aliphatic heterocycles. The number of rotatable bonds is 3. The van der Waals surface area contributed by atoms with Gasteiger partial charge in [0.15, 0.2) is 5.16 Å². The van der Waals surface area contributed by atoms with Gasteiger partial charge in [-0.1, -0.05) is 25.6 Å². The molecule has 0 N–H and O–H groups in total. The van der Waals surface area contributed by atoms with Crippen molar-refractivity contribution in [3.63, 3.8) is 0 Å². The Morgan fingerprint density at radius 2 is 2.22 bits per heavy atom. The van der Waals surface area contributed by atoms with Crippen molar-refractivity contribution in [1.29, 1.82) is 0 Å². The monoisotopic (exact) mass is 335 g/mol. The average Bonchev–Trinajstić information content (AvgIpc) is 2.91. The van der Waals surface area contributed by atoms with Gasteiger partial charge in [0.1, 0.15) is 0 Å². The lowest BCUT2D eigenvalue weighted by molar-refractivity contribution is -0.135. The van der Waals surface area contributed by atoms with Crippen LogP contribution in [-0.4, -0.2) is 38.7 Å². The number of likely N-dealkylation sites (tertiary alicyclic amines) is 1. The van der Waals surface area contributed by atoms with E-state index in [1.807, 2.05) is 18.7 Å². The maximum Gasteiger partial charge on any atom is 0.254 e. The minimum Gasteiger partial charge on any atom is -0.340 e. The maximum absolute atomic E-state index is 12.6. The Morgan fingerprint density at radius 3 is 2.91 bits per heavy atom. The highest BCUT2D eigenvalue weighted by Gasteiger charge is 2.31. The fraction of sp³-hybridized carbons (Fsp3) is 0.706. The van der Waals surface area contributed by atoms with Gasteiger partial charge in [-0.15, -0.1) is 0 Å². The van der Waals surface area contributed by atoms with Gasteiger partial charge in [0.2, 0.25) is 5.91 Å². The minimum absolute atomic E-state index is 0.0202. The number of nitrogens with zero attached hydrogens (tertiary/aromatic N) is 3. The van der Waals surface area contributed by atoms with Crippen LogP contribution in [0, 0.1) is 0 Å². The summed E-state index contributed by atoms with van der Waals surface area (Å²) in [6.45, 7) is 7.05. The first kappa shape index (κ1) is 16.6. The van der Waals surface area contributed by atoms with Gasteiger partial charge >= 0.3 is 0 Å². The molecule has 23 heavy (non-hydrogen) atoms. The number of thioether (sulfide) groups is 1. The Labute approximate surface area is 141 Å². The predicted octanol–water partition coefficient (Wildman–Crippen LogP) is 2.80. The van der Waals surface area contributed by atoms with E-state index in [0.717, 1.165) is 36.0 Å². The summed E-state index contributed by atoms with van der Waals surface area (Å²) in [6, 6.07) is 1.89. The number of carbonyl (C=O) groups is 1. The molecule has 3 rings (SSSR count). The molecule has 126 valence electrons. The standard InChI is InChI=1S/C17H25N3O2S/c1-11(2)14-9-16(22)20-13(10-23-17(20)18-14)8-15(21)19-7-5-4-6-12(19)3/h9,11-13H,4-8,10H2,1-3H3. The lowest BCUT2D eigenvalue weighted by Crippen LogP contribution is -2.43. The average molecular weight is 335 g/mol. The molecule has 5 nitrogen and oxygen atoms in total. The molecule has 0 aromatic carbocycles. The van der Waals surface area contributed by atoms with Crippen LogP contribution in [0.3, 0.4) is 0 Å². The summed E-state index contributed by atoms with van der Waals surface area (Å²) in [7, 11) is 0. The van der Waals surface area contributed by atoms with Gasteiger partial charge in [0.25, 0.3) is 5.56 Å². The molecule has 1 amide bonds. The summed E-state index contributed by atoms with van der Waals surface area (Å²) >= 11 is 1.59. The lowest BCUT2D eigenvalue weighted by atomic mass is 10.0. The molecule has 1 fully saturated rings. The second kappa shape index (κ2) is 6.67. The summed E-state index contributed by atoms with van der Waals surface area (Å²) in [4.78, 5) is 31.7. The predicted molar refractivity (Wildman–Crippen MR) is 92.0 cm³/mol. The first-order chi connectivity index (χ1) is 11.0. The zero-order chi connectivity index (χ0) is 16.6. The van der Waals surface area contributed by atoms with Crippen molar-refractivity contribution >= 4 is 17.7 Å². The Morgan fingerprint density at radius 1 is 1.43 bits per heavy atom. The molecule has 2 unspecified atom stereocenters. The van der Waals surface area contributed by atoms with Crippen molar-refractivity contribution in [2.24, 2.45) is 0 Å². The zero-order valence-electron chi connectivity index (χ0n) is 14.1. The molecule has 1 aromatic rings. The van der Waals surface area contributed by atoms with Crippen LogP contribution < -0.4 is 5.56 Å². The molecule has 2 aliphatic rings. The SMILES string of the molecule is CC(C)c1cc(=O)n2c(n1)SCC2CC(=O)N1CCCCC1C. The van der Waals surface area contributed by atoms with Crippen LogP contribution in [0.5, 0.6) is 0 Å². The minimum atomic E-state index is -0.0576. The molecule has 1 aromatic heterocycles. The van der Waals surface area contributed by atoms with Crippen LogP contribution in [0.2, 0.25) is 0 Å². The summed E-state index contributed by atoms with van der Waals surface area (Å²) in [5, 5.41) is 0.769. The number of hydrogen-bond donors (Lipinski definition) is 0. The molecule has 0 radical (unpaired) electrons. The van der Waals surface area contributed by atoms with E-state index in [0.29, 0.717) is 12.5 Å². The molecule has 0 saturated carbocycles. The normalized spacial score (nSPS) is 24.1. The quantitative estimate of drug-likeness (QED) is 0.797. The first-order valence-corrected chi connectivity index (χ1v) is 9.51. The topological polar surface area (TPSA) is 55.2 Å². The van der Waals surface area contributed by atoms with Crippen LogP contribution in [0.15, 0.2) is 16.0 Å². The number of hydrogen-bond acceptors (Lipinski definition) is 4. The first-order valence-electron chi connectivity index (χ1n) is 8.53. The number of fused-ring (bicyclic) bond motifs is 1. The second-order valence-electron chi connectivity index (χ2n) is 6.93. The van der Waals surface area contributed by atoms with Crippen molar-refractivity contribution < 1.29 is 4.79 Å². The molecular formula is C17H25N3O2S. The van der Waals surface area contributed by atoms with Crippen LogP contribution in [0.4, 0.5) is 0 Å². The van der Waals surface area contributed by atoms with Crippen LogP contribution >= 0.6 is 11.8 Å². The van der Waals surface area contributed by atoms with Gasteiger partial charge < -0.3 is 4.90 Å². The molecule has 1 saturated heterocycles. The Hall–Kier alpha value is -1.30. The van der Waals surface area contributed by atoms with E-state index in [9.17, 15) is 9.59 Å². The van der Waals surface area contributed by atoms with E-state index in [1.165, 1.54) is 6.42 Å². The number of aromatic nitrogens is 2. The summed E-state index contributed by atoms with van der Waals surface area (Å²) in [5.74, 6) is 1.18. The Bertz CT molecular complexity index is 656. The van der Waals surface area contributed by atoms with Crippen molar-refractivity contribution in [3.05, 3.63) is 22.1 Å². The van der Waals surface area contributed by atoms with E-state index in [1.54, 1.807) is 22.4 Å². The maximum atomic E-state index is 12.6. The highest BCUT2D eigenvalue weighted by Crippen LogP contribution is 2.33. The van der Waals surface area contributed by atoms with Crippen molar-refractivity contribution in [1.82, 2.24) is 14.5 Å². The molecule has 3 heterocycles. The number of piperidine rings is 1. The number of amides is 1. The van der Waals surface area contributed by atoms with Gasteiger partial charge in [0, 0.05) is 30.8 Å². The smallest absolute Gasteiger partial charge is 0.254 e. The third-order valence-electron chi connectivity index (χ3n) is 4.83. The van der Waals surface area contributed by atoms with E-state index < -0.39 is 0 Å². The lowest BCUT2D eigenvalue weighted by Gasteiger charge is -2.34. The highest BCUT2D eigenvalue weighted by atomic mass is 32.2. The fourth-order valence-electron chi connectivity index (χ4n) is 3.40. The molecule has 6 heteroatoms. The summed E-state index contributed by atoms with van der Waals surface area (Å²) in [5.41, 5.74) is 0.818. The van der Waals surface area contributed by atoms with Crippen LogP contribution in [0.25, 0.3) is 0 Å². The van der Waals surface area contributed by atoms with Gasteiger partial charge in [-0.2, -0.15) is 0 Å². The van der Waals surface area contributed by atoms with Gasteiger partial charge in [0.05, 0.1) is 11.7 Å². The summed E-state index contributed by atoms with van der Waals surface area (Å²) < 4.78 is 1.73. The van der Waals surface area contributed by atoms with Crippen molar-refractivity contribution in [2.75, 3.05) is 12.3 Å². The molecule has 0 aliphatic carbocycles. The molecule has 2 atom stereocenters. The Kier molecular flexibility index (Phi) is 4.80. The van der Waals surface area contributed by atoms with Crippen molar-refractivity contribution in [2.45, 2.75) is 69.6 Å². The van der Waals surface area contributed by atoms with Crippen LogP contribution in [0.1, 0.15) is 64.1 Å². The second-order valence-corrected chi connectivity index (χ2v) is 7.91. The van der Waals surface area contributed by atoms with E-state index in [2.05, 4.69) is 11.9 Å². The highest BCUT2D eigenvalue weighted by molar-refractivity contribution is 7.99. The molecular weight excluding hydrogens is 310 g/mol. The molecule has 0 spiro atoms. The van der Waals surface area contributed by atoms with Gasteiger partial charge in [-0.05, 0) is 32.1 Å². The summed E-state index contributed by atoms with van der Waals surface area (Å²) in [6.07, 6.45) is 3.79. The third kappa shape index (κ3) is 3.32. The van der Waals surface area contributed by atoms with E-state index >= 15 is 0 Å². The van der Waals surface area contributed by atoms with Gasteiger partial charge in [-0.25, -0.2) is 4.98 Å². The van der Waals surface area contributed by atoms with Crippen LogP contribution in [-0.2, 0) is 4.79 Å². The van der Waals surface area contributed by atoms with E-state index in [4.69, 9.17) is 0 Å². The molecule has 0 bridgehead atoms. The van der Waals surface area contributed by atoms with E-state index in [-0.39, 0.29) is 23.4 Å². The van der Waals surface area contributed by atoms with Gasteiger partial charge in [-0.3, -0.25) is 14.2 Å².